The van der Waals surface area contributed by atoms with Gasteiger partial charge in [0.25, 0.3) is 0 Å². The summed E-state index contributed by atoms with van der Waals surface area (Å²) in [6.45, 7) is 8.04. The average molecular weight is 248 g/mol. The van der Waals surface area contributed by atoms with Crippen LogP contribution in [0.2, 0.25) is 0 Å². The van der Waals surface area contributed by atoms with Gasteiger partial charge < -0.3 is 18.9 Å². The minimum atomic E-state index is -0.542. The van der Waals surface area contributed by atoms with Crippen molar-refractivity contribution in [3.8, 4) is 0 Å². The molecule has 94 valence electrons. The molecule has 3 unspecified atom stereocenters. The smallest absolute Gasteiger partial charge is 0.187 e. The summed E-state index contributed by atoms with van der Waals surface area (Å²) in [6.07, 6.45) is 0.275. The van der Waals surface area contributed by atoms with Gasteiger partial charge in [0.05, 0.1) is 18.6 Å². The lowest BCUT2D eigenvalue weighted by Crippen LogP contribution is -2.52. The van der Waals surface area contributed by atoms with Gasteiger partial charge in [-0.25, -0.2) is 0 Å². The minimum Gasteiger partial charge on any atom is -0.346 e. The van der Waals surface area contributed by atoms with Crippen molar-refractivity contribution in [3.63, 3.8) is 0 Å². The number of hydrogen-bond acceptors (Lipinski definition) is 4. The first-order valence-corrected chi connectivity index (χ1v) is 6.59. The van der Waals surface area contributed by atoms with Crippen LogP contribution >= 0.6 is 9.24 Å². The monoisotopic (exact) mass is 248 g/mol. The van der Waals surface area contributed by atoms with Crippen LogP contribution in [0.5, 0.6) is 0 Å². The third kappa shape index (κ3) is 2.27. The third-order valence-corrected chi connectivity index (χ3v) is 3.49. The van der Waals surface area contributed by atoms with Gasteiger partial charge in [0, 0.05) is 5.92 Å². The van der Waals surface area contributed by atoms with Crippen LogP contribution in [0.1, 0.15) is 27.7 Å². The van der Waals surface area contributed by atoms with Gasteiger partial charge in [-0.05, 0) is 20.8 Å². The molecule has 2 rings (SSSR count). The summed E-state index contributed by atoms with van der Waals surface area (Å²) in [4.78, 5) is 0. The van der Waals surface area contributed by atoms with Crippen LogP contribution in [0.15, 0.2) is 0 Å². The summed E-state index contributed by atoms with van der Waals surface area (Å²) < 4.78 is 23.1. The lowest BCUT2D eigenvalue weighted by Gasteiger charge is -2.39. The molecule has 0 aromatic rings. The lowest BCUT2D eigenvalue weighted by molar-refractivity contribution is -0.253. The second-order valence-corrected chi connectivity index (χ2v) is 5.30. The molecular weight excluding hydrogens is 227 g/mol. The fourth-order valence-electron chi connectivity index (χ4n) is 2.34. The average Bonchev–Trinajstić information content (AvgIpc) is 2.51. The van der Waals surface area contributed by atoms with Crippen molar-refractivity contribution in [3.05, 3.63) is 0 Å². The Balaban J connectivity index is 2.15. The van der Waals surface area contributed by atoms with Gasteiger partial charge in [0.2, 0.25) is 0 Å². The molecule has 0 aliphatic carbocycles. The molecule has 2 fully saturated rings. The summed E-state index contributed by atoms with van der Waals surface area (Å²) in [5, 5.41) is 0. The second-order valence-electron chi connectivity index (χ2n) is 4.97. The molecular formula is C11H21O4P. The molecule has 0 spiro atoms. The van der Waals surface area contributed by atoms with E-state index >= 15 is 0 Å². The fraction of sp³-hybridized carbons (Fsp3) is 1.00. The zero-order chi connectivity index (χ0) is 11.9. The first-order chi connectivity index (χ1) is 7.44. The van der Waals surface area contributed by atoms with E-state index in [4.69, 9.17) is 18.9 Å². The molecule has 2 aliphatic rings. The maximum absolute atomic E-state index is 5.92. The number of fused-ring (bicyclic) bond motifs is 1. The first kappa shape index (κ1) is 12.7. The molecule has 0 N–H and O–H groups in total. The Morgan fingerprint density at radius 1 is 1.19 bits per heavy atom. The summed E-state index contributed by atoms with van der Waals surface area (Å²) in [5.41, 5.74) is 0. The minimum absolute atomic E-state index is 0.0558. The van der Waals surface area contributed by atoms with Gasteiger partial charge in [0.15, 0.2) is 12.1 Å². The second kappa shape index (κ2) is 4.51. The Bertz CT molecular complexity index is 258. The third-order valence-electron chi connectivity index (χ3n) is 3.30. The molecule has 0 radical (unpaired) electrons. The Morgan fingerprint density at radius 3 is 2.44 bits per heavy atom. The highest BCUT2D eigenvalue weighted by atomic mass is 31.0. The van der Waals surface area contributed by atoms with Crippen molar-refractivity contribution >= 4 is 9.24 Å². The molecule has 5 heteroatoms. The Morgan fingerprint density at radius 2 is 1.81 bits per heavy atom. The number of ether oxygens (including phenoxy) is 4. The van der Waals surface area contributed by atoms with Crippen LogP contribution in [0.25, 0.3) is 0 Å². The van der Waals surface area contributed by atoms with Crippen LogP contribution in [0.4, 0.5) is 0 Å². The summed E-state index contributed by atoms with van der Waals surface area (Å²) in [7, 11) is 2.53. The normalized spacial score (nSPS) is 46.7. The van der Waals surface area contributed by atoms with E-state index in [1.807, 2.05) is 13.8 Å². The molecule has 4 nitrogen and oxygen atoms in total. The summed E-state index contributed by atoms with van der Waals surface area (Å²) in [5.74, 6) is -0.226. The van der Waals surface area contributed by atoms with E-state index < -0.39 is 5.79 Å². The van der Waals surface area contributed by atoms with E-state index in [1.54, 1.807) is 0 Å². The van der Waals surface area contributed by atoms with Crippen LogP contribution in [0, 0.1) is 5.92 Å². The summed E-state index contributed by atoms with van der Waals surface area (Å²) in [6, 6.07) is 0. The fourth-order valence-corrected chi connectivity index (χ4v) is 2.53. The van der Waals surface area contributed by atoms with E-state index in [0.29, 0.717) is 12.3 Å². The van der Waals surface area contributed by atoms with Crippen molar-refractivity contribution in [2.75, 3.05) is 6.35 Å². The molecule has 2 aliphatic heterocycles. The van der Waals surface area contributed by atoms with Crippen LogP contribution in [0.3, 0.4) is 0 Å². The van der Waals surface area contributed by atoms with Gasteiger partial charge >= 0.3 is 0 Å². The van der Waals surface area contributed by atoms with Crippen molar-refractivity contribution in [2.24, 2.45) is 5.92 Å². The molecule has 16 heavy (non-hydrogen) atoms. The predicted octanol–water partition coefficient (Wildman–Crippen LogP) is 1.74. The van der Waals surface area contributed by atoms with Crippen molar-refractivity contribution in [2.45, 2.75) is 58.1 Å². The van der Waals surface area contributed by atoms with Crippen molar-refractivity contribution < 1.29 is 18.9 Å². The van der Waals surface area contributed by atoms with Crippen molar-refractivity contribution in [1.82, 2.24) is 0 Å². The van der Waals surface area contributed by atoms with E-state index in [1.165, 1.54) is 0 Å². The van der Waals surface area contributed by atoms with E-state index in [9.17, 15) is 0 Å². The predicted molar refractivity (Wildman–Crippen MR) is 63.0 cm³/mol. The largest absolute Gasteiger partial charge is 0.346 e. The maximum atomic E-state index is 5.92. The van der Waals surface area contributed by atoms with Crippen LogP contribution < -0.4 is 0 Å². The highest BCUT2D eigenvalue weighted by Crippen LogP contribution is 2.40. The zero-order valence-corrected chi connectivity index (χ0v) is 11.5. The first-order valence-electron chi connectivity index (χ1n) is 5.77. The SMILES string of the molecule is CC1O[C@@H](OCP)[C@H]2OC(C)(C)OC2[C@H]1C. The molecule has 0 amide bonds. The van der Waals surface area contributed by atoms with Crippen LogP contribution in [-0.2, 0) is 18.9 Å². The molecule has 0 saturated carbocycles. The number of rotatable bonds is 2. The van der Waals surface area contributed by atoms with Crippen LogP contribution in [-0.4, -0.2) is 36.7 Å². The van der Waals surface area contributed by atoms with Gasteiger partial charge in [-0.2, -0.15) is 0 Å². The molecule has 0 aromatic carbocycles. The van der Waals surface area contributed by atoms with E-state index in [2.05, 4.69) is 23.1 Å². The van der Waals surface area contributed by atoms with Gasteiger partial charge in [0.1, 0.15) is 6.10 Å². The molecule has 0 aromatic heterocycles. The standard InChI is InChI=1S/C11H21O4P/c1-6-7(2)13-10(12-5-16)9-8(6)14-11(3,4)15-9/h6-10H,5,16H2,1-4H3/t6-,7?,8?,9-,10+/m0/s1. The number of hydrogen-bond donors (Lipinski definition) is 0. The Kier molecular flexibility index (Phi) is 3.58. The van der Waals surface area contributed by atoms with Gasteiger partial charge in [-0.1, -0.05) is 6.92 Å². The van der Waals surface area contributed by atoms with Crippen molar-refractivity contribution in [1.29, 1.82) is 0 Å². The topological polar surface area (TPSA) is 36.9 Å². The Labute approximate surface area is 99.2 Å². The quantitative estimate of drug-likeness (QED) is 0.697. The molecule has 2 heterocycles. The molecule has 0 bridgehead atoms. The lowest BCUT2D eigenvalue weighted by atomic mass is 9.92. The molecule has 6 atom stereocenters. The Hall–Kier alpha value is 0.270. The molecule has 2 saturated heterocycles. The van der Waals surface area contributed by atoms with Gasteiger partial charge in [-0.3, -0.25) is 0 Å². The highest BCUT2D eigenvalue weighted by Gasteiger charge is 2.53. The highest BCUT2D eigenvalue weighted by molar-refractivity contribution is 7.16. The van der Waals surface area contributed by atoms with Gasteiger partial charge in [-0.15, -0.1) is 9.24 Å². The summed E-state index contributed by atoms with van der Waals surface area (Å²) >= 11 is 0. The zero-order valence-electron chi connectivity index (χ0n) is 10.3. The van der Waals surface area contributed by atoms with E-state index in [-0.39, 0.29) is 24.6 Å². The maximum Gasteiger partial charge on any atom is 0.187 e. The van der Waals surface area contributed by atoms with E-state index in [0.717, 1.165) is 0 Å².